The van der Waals surface area contributed by atoms with Gasteiger partial charge in [-0.2, -0.15) is 15.2 Å². The van der Waals surface area contributed by atoms with Crippen LogP contribution in [0.25, 0.3) is 0 Å². The molecule has 2 atom stereocenters. The lowest BCUT2D eigenvalue weighted by molar-refractivity contribution is 0.0856. The molecule has 8 heteroatoms. The topological polar surface area (TPSA) is 135 Å². The number of aliphatic hydroxyl groups is 2. The largest absolute Gasteiger partial charge is 0.479 e. The Hall–Kier alpha value is -2.11. The highest BCUT2D eigenvalue weighted by Crippen LogP contribution is 2.31. The maximum Gasteiger partial charge on any atom is 0.319 e. The molecule has 19 heavy (non-hydrogen) atoms. The van der Waals surface area contributed by atoms with E-state index in [4.69, 9.17) is 25.6 Å². The van der Waals surface area contributed by atoms with Crippen LogP contribution in [0.4, 0.5) is 5.69 Å². The molecule has 1 aromatic rings. The fourth-order valence-electron chi connectivity index (χ4n) is 1.53. The van der Waals surface area contributed by atoms with E-state index >= 15 is 0 Å². The lowest BCUT2D eigenvalue weighted by Crippen LogP contribution is -2.18. The van der Waals surface area contributed by atoms with Gasteiger partial charge >= 0.3 is 6.01 Å². The summed E-state index contributed by atoms with van der Waals surface area (Å²) < 4.78 is 9.88. The van der Waals surface area contributed by atoms with Crippen LogP contribution >= 0.6 is 0 Å². The van der Waals surface area contributed by atoms with Gasteiger partial charge in [0.2, 0.25) is 5.88 Å². The molecule has 0 radical (unpaired) electrons. The van der Waals surface area contributed by atoms with Crippen LogP contribution in [-0.2, 0) is 0 Å². The number of rotatable bonds is 6. The number of nitriles is 1. The minimum absolute atomic E-state index is 0.000518. The first kappa shape index (κ1) is 14.9. The molecule has 0 fully saturated rings. The second-order valence-electron chi connectivity index (χ2n) is 3.77. The van der Waals surface area contributed by atoms with Gasteiger partial charge in [-0.3, -0.25) is 0 Å². The van der Waals surface area contributed by atoms with Crippen molar-refractivity contribution in [2.24, 2.45) is 0 Å². The normalized spacial score (nSPS) is 13.4. The van der Waals surface area contributed by atoms with Gasteiger partial charge in [0.25, 0.3) is 0 Å². The Morgan fingerprint density at radius 1 is 1.37 bits per heavy atom. The lowest BCUT2D eigenvalue weighted by atomic mass is 9.98. The zero-order valence-corrected chi connectivity index (χ0v) is 10.7. The van der Waals surface area contributed by atoms with E-state index in [0.717, 1.165) is 0 Å². The van der Waals surface area contributed by atoms with E-state index in [9.17, 15) is 5.11 Å². The summed E-state index contributed by atoms with van der Waals surface area (Å²) in [6, 6.07) is 1.99. The number of anilines is 1. The SMILES string of the molecule is COc1nc(OC)c(N)c(C(C#N)CC(O)CO)n1. The first-order valence-corrected chi connectivity index (χ1v) is 5.51. The predicted octanol–water partition coefficient (Wildman–Crippen LogP) is -0.574. The van der Waals surface area contributed by atoms with Crippen LogP contribution in [0.3, 0.4) is 0 Å². The fourth-order valence-corrected chi connectivity index (χ4v) is 1.53. The predicted molar refractivity (Wildman–Crippen MR) is 65.6 cm³/mol. The molecule has 0 saturated carbocycles. The van der Waals surface area contributed by atoms with E-state index in [2.05, 4.69) is 9.97 Å². The average Bonchev–Trinajstić information content (AvgIpc) is 2.44. The summed E-state index contributed by atoms with van der Waals surface area (Å²) in [6.45, 7) is -0.447. The summed E-state index contributed by atoms with van der Waals surface area (Å²) in [4.78, 5) is 7.89. The molecular weight excluding hydrogens is 252 g/mol. The minimum Gasteiger partial charge on any atom is -0.479 e. The molecule has 1 heterocycles. The van der Waals surface area contributed by atoms with Crippen LogP contribution in [0.2, 0.25) is 0 Å². The fraction of sp³-hybridized carbons (Fsp3) is 0.545. The molecular formula is C11H16N4O4. The van der Waals surface area contributed by atoms with Gasteiger partial charge in [0.1, 0.15) is 5.69 Å². The van der Waals surface area contributed by atoms with Crippen molar-refractivity contribution in [2.45, 2.75) is 18.4 Å². The summed E-state index contributed by atoms with van der Waals surface area (Å²) in [5, 5.41) is 27.4. The molecule has 104 valence electrons. The van der Waals surface area contributed by atoms with Crippen LogP contribution in [0, 0.1) is 11.3 Å². The number of aromatic nitrogens is 2. The molecule has 4 N–H and O–H groups in total. The van der Waals surface area contributed by atoms with E-state index in [1.807, 2.05) is 6.07 Å². The van der Waals surface area contributed by atoms with Gasteiger partial charge in [-0.25, -0.2) is 0 Å². The number of aliphatic hydroxyl groups excluding tert-OH is 2. The van der Waals surface area contributed by atoms with Gasteiger partial charge in [-0.05, 0) is 6.42 Å². The monoisotopic (exact) mass is 268 g/mol. The van der Waals surface area contributed by atoms with E-state index < -0.39 is 18.6 Å². The molecule has 8 nitrogen and oxygen atoms in total. The van der Waals surface area contributed by atoms with Crippen LogP contribution in [0.5, 0.6) is 11.9 Å². The van der Waals surface area contributed by atoms with Gasteiger partial charge in [0.05, 0.1) is 44.6 Å². The molecule has 0 amide bonds. The van der Waals surface area contributed by atoms with Crippen molar-refractivity contribution in [3.8, 4) is 18.0 Å². The number of ether oxygens (including phenoxy) is 2. The number of nitrogens with two attached hydrogens (primary N) is 1. The van der Waals surface area contributed by atoms with Crippen molar-refractivity contribution < 1.29 is 19.7 Å². The highest BCUT2D eigenvalue weighted by Gasteiger charge is 2.23. The van der Waals surface area contributed by atoms with Gasteiger partial charge in [-0.15, -0.1) is 0 Å². The standard InChI is InChI=1S/C11H16N4O4/c1-18-10-8(13)9(14-11(15-10)19-2)6(4-12)3-7(17)5-16/h6-7,16-17H,3,5,13H2,1-2H3. The minimum atomic E-state index is -1.03. The number of methoxy groups -OCH3 is 2. The van der Waals surface area contributed by atoms with Gasteiger partial charge < -0.3 is 25.4 Å². The van der Waals surface area contributed by atoms with Crippen molar-refractivity contribution in [3.63, 3.8) is 0 Å². The maximum atomic E-state index is 9.42. The number of nitrogens with zero attached hydrogens (tertiary/aromatic N) is 3. The third-order valence-electron chi connectivity index (χ3n) is 2.50. The summed E-state index contributed by atoms with van der Waals surface area (Å²) in [6.07, 6.45) is -1.03. The third-order valence-corrected chi connectivity index (χ3v) is 2.50. The lowest BCUT2D eigenvalue weighted by Gasteiger charge is -2.16. The third kappa shape index (κ3) is 3.43. The average molecular weight is 268 g/mol. The van der Waals surface area contributed by atoms with Gasteiger partial charge in [0.15, 0.2) is 0 Å². The second kappa shape index (κ2) is 6.72. The zero-order chi connectivity index (χ0) is 14.4. The number of hydrogen-bond donors (Lipinski definition) is 3. The molecule has 0 saturated heterocycles. The Kier molecular flexibility index (Phi) is 5.29. The van der Waals surface area contributed by atoms with E-state index in [-0.39, 0.29) is 29.7 Å². The molecule has 0 aliphatic carbocycles. The van der Waals surface area contributed by atoms with E-state index in [1.165, 1.54) is 14.2 Å². The Labute approximate surface area is 110 Å². The molecule has 1 aromatic heterocycles. The summed E-state index contributed by atoms with van der Waals surface area (Å²) in [7, 11) is 2.75. The number of nitrogen functional groups attached to an aromatic ring is 1. The van der Waals surface area contributed by atoms with Crippen molar-refractivity contribution >= 4 is 5.69 Å². The maximum absolute atomic E-state index is 9.42. The molecule has 1 rings (SSSR count). The van der Waals surface area contributed by atoms with Crippen LogP contribution < -0.4 is 15.2 Å². The molecule has 0 aromatic carbocycles. The molecule has 0 bridgehead atoms. The van der Waals surface area contributed by atoms with Crippen molar-refractivity contribution in [1.29, 1.82) is 5.26 Å². The van der Waals surface area contributed by atoms with Crippen LogP contribution in [0.15, 0.2) is 0 Å². The second-order valence-corrected chi connectivity index (χ2v) is 3.77. The first-order chi connectivity index (χ1) is 9.07. The van der Waals surface area contributed by atoms with Crippen molar-refractivity contribution in [3.05, 3.63) is 5.69 Å². The summed E-state index contributed by atoms with van der Waals surface area (Å²) in [5.74, 6) is -0.700. The Balaban J connectivity index is 3.19. The van der Waals surface area contributed by atoms with Crippen molar-refractivity contribution in [1.82, 2.24) is 9.97 Å². The molecule has 2 unspecified atom stereocenters. The van der Waals surface area contributed by atoms with Crippen molar-refractivity contribution in [2.75, 3.05) is 26.6 Å². The Bertz CT molecular complexity index is 474. The zero-order valence-electron chi connectivity index (χ0n) is 10.7. The van der Waals surface area contributed by atoms with Crippen LogP contribution in [-0.4, -0.2) is 47.1 Å². The highest BCUT2D eigenvalue weighted by atomic mass is 16.5. The summed E-state index contributed by atoms with van der Waals surface area (Å²) in [5.41, 5.74) is 6.13. The van der Waals surface area contributed by atoms with Gasteiger partial charge in [0, 0.05) is 0 Å². The molecule has 0 aliphatic heterocycles. The highest BCUT2D eigenvalue weighted by molar-refractivity contribution is 5.55. The van der Waals surface area contributed by atoms with E-state index in [1.54, 1.807) is 0 Å². The number of hydrogen-bond acceptors (Lipinski definition) is 8. The summed E-state index contributed by atoms with van der Waals surface area (Å²) >= 11 is 0. The van der Waals surface area contributed by atoms with Gasteiger partial charge in [-0.1, -0.05) is 0 Å². The Morgan fingerprint density at radius 2 is 2.05 bits per heavy atom. The molecule has 0 aliphatic rings. The smallest absolute Gasteiger partial charge is 0.319 e. The molecule has 0 spiro atoms. The van der Waals surface area contributed by atoms with E-state index in [0.29, 0.717) is 0 Å². The Morgan fingerprint density at radius 3 is 2.53 bits per heavy atom. The first-order valence-electron chi connectivity index (χ1n) is 5.51. The van der Waals surface area contributed by atoms with Crippen LogP contribution in [0.1, 0.15) is 18.0 Å². The quantitative estimate of drug-likeness (QED) is 0.624.